The summed E-state index contributed by atoms with van der Waals surface area (Å²) < 4.78 is 8.19. The number of carbonyl (C=O) groups is 2. The van der Waals surface area contributed by atoms with E-state index >= 15 is 0 Å². The third-order valence-electron chi connectivity index (χ3n) is 6.18. The number of nitrogens with two attached hydrogens (primary N) is 1. The second-order valence-corrected chi connectivity index (χ2v) is 8.77. The number of aliphatic imine (C=N–C) groups is 2. The molecule has 2 aromatic carbocycles. The number of carbonyl (C=O) groups excluding carboxylic acids is 2. The van der Waals surface area contributed by atoms with E-state index in [1.165, 1.54) is 5.56 Å². The van der Waals surface area contributed by atoms with Crippen LogP contribution in [0.3, 0.4) is 0 Å². The summed E-state index contributed by atoms with van der Waals surface area (Å²) in [7, 11) is 0. The fourth-order valence-corrected chi connectivity index (χ4v) is 4.26. The Kier molecular flexibility index (Phi) is 5.85. The maximum Gasteiger partial charge on any atom is 0.229 e. The molecular weight excluding hydrogens is 480 g/mol. The second kappa shape index (κ2) is 9.62. The van der Waals surface area contributed by atoms with Crippen LogP contribution in [0, 0.1) is 0 Å². The molecule has 0 radical (unpaired) electrons. The molecule has 186 valence electrons. The maximum absolute atomic E-state index is 11.2. The molecule has 0 unspecified atom stereocenters. The lowest BCUT2D eigenvalue weighted by atomic mass is 9.98. The van der Waals surface area contributed by atoms with Gasteiger partial charge in [0.05, 0.1) is 16.7 Å². The van der Waals surface area contributed by atoms with Crippen LogP contribution < -0.4 is 5.73 Å². The summed E-state index contributed by atoms with van der Waals surface area (Å²) in [4.78, 5) is 37.7. The third kappa shape index (κ3) is 4.48. The quantitative estimate of drug-likeness (QED) is 0.381. The van der Waals surface area contributed by atoms with E-state index in [9.17, 15) is 9.59 Å². The zero-order valence-corrected chi connectivity index (χ0v) is 20.2. The van der Waals surface area contributed by atoms with Crippen molar-refractivity contribution in [3.8, 4) is 22.9 Å². The fraction of sp³-hybridized carbons (Fsp3) is 0.0690. The Morgan fingerprint density at radius 3 is 2.39 bits per heavy atom. The molecule has 38 heavy (non-hydrogen) atoms. The number of fused-ring (bicyclic) bond motifs is 2. The van der Waals surface area contributed by atoms with E-state index in [-0.39, 0.29) is 29.6 Å². The summed E-state index contributed by atoms with van der Waals surface area (Å²) in [6.07, 6.45) is 5.23. The minimum atomic E-state index is -0.397. The molecule has 0 fully saturated rings. The molecule has 1 aliphatic carbocycles. The van der Waals surface area contributed by atoms with Crippen LogP contribution >= 0.6 is 0 Å². The molecule has 9 nitrogen and oxygen atoms in total. The van der Waals surface area contributed by atoms with Gasteiger partial charge in [0.25, 0.3) is 0 Å². The van der Waals surface area contributed by atoms with Crippen molar-refractivity contribution in [1.82, 2.24) is 14.5 Å². The van der Waals surface area contributed by atoms with Gasteiger partial charge in [-0.3, -0.25) is 19.6 Å². The van der Waals surface area contributed by atoms with E-state index in [0.29, 0.717) is 0 Å². The Morgan fingerprint density at radius 2 is 1.61 bits per heavy atom. The highest BCUT2D eigenvalue weighted by atomic mass is 16.3. The van der Waals surface area contributed by atoms with Gasteiger partial charge in [-0.2, -0.15) is 0 Å². The van der Waals surface area contributed by atoms with Gasteiger partial charge in [-0.05, 0) is 42.0 Å². The molecule has 7 rings (SSSR count). The highest BCUT2D eigenvalue weighted by Crippen LogP contribution is 2.28. The molecular formula is C29H22N6O3. The number of nitrogens with one attached hydrogen (secondary N) is 1. The smallest absolute Gasteiger partial charge is 0.229 e. The fourth-order valence-electron chi connectivity index (χ4n) is 4.26. The minimum absolute atomic E-state index is 0.0559. The second-order valence-electron chi connectivity index (χ2n) is 8.77. The molecule has 3 N–H and O–H groups in total. The first kappa shape index (κ1) is 23.1. The van der Waals surface area contributed by atoms with Crippen LogP contribution in [0.25, 0.3) is 33.9 Å². The number of hydrogen-bond donors (Lipinski definition) is 2. The summed E-state index contributed by atoms with van der Waals surface area (Å²) in [6, 6.07) is 24.5. The largest absolute Gasteiger partial charge is 0.453 e. The zero-order valence-electron chi connectivity index (χ0n) is 20.2. The van der Waals surface area contributed by atoms with Crippen molar-refractivity contribution in [2.45, 2.75) is 6.54 Å². The first-order valence-corrected chi connectivity index (χ1v) is 12.0. The molecule has 0 spiro atoms. The van der Waals surface area contributed by atoms with Crippen molar-refractivity contribution in [3.63, 3.8) is 0 Å². The monoisotopic (exact) mass is 502 g/mol. The molecule has 0 amide bonds. The number of hydrogen-bond acceptors (Lipinski definition) is 7. The van der Waals surface area contributed by atoms with Crippen LogP contribution in [-0.2, 0) is 16.1 Å². The Morgan fingerprint density at radius 1 is 0.868 bits per heavy atom. The van der Waals surface area contributed by atoms with Gasteiger partial charge in [0.2, 0.25) is 11.6 Å². The summed E-state index contributed by atoms with van der Waals surface area (Å²) in [6.45, 7) is 1.03. The van der Waals surface area contributed by atoms with Crippen molar-refractivity contribution in [2.75, 3.05) is 6.67 Å². The highest BCUT2D eigenvalue weighted by molar-refractivity contribution is 6.86. The first-order valence-electron chi connectivity index (χ1n) is 12.0. The number of H-pyrrole nitrogens is 1. The van der Waals surface area contributed by atoms with Gasteiger partial charge >= 0.3 is 0 Å². The van der Waals surface area contributed by atoms with Gasteiger partial charge in [-0.1, -0.05) is 36.4 Å². The summed E-state index contributed by atoms with van der Waals surface area (Å²) in [5.74, 6) is 1.61. The number of aromatic nitrogens is 3. The molecule has 3 aromatic heterocycles. The molecule has 0 saturated heterocycles. The number of nitrogens with zero attached hydrogens (tertiary/aromatic N) is 4. The number of aromatic amines is 1. The minimum Gasteiger partial charge on any atom is -0.453 e. The number of imidazole rings is 1. The van der Waals surface area contributed by atoms with E-state index < -0.39 is 5.78 Å². The molecule has 0 atom stereocenters. The third-order valence-corrected chi connectivity index (χ3v) is 6.18. The number of Topliss-reactive ketones (excluding diaryl/α,β-unsaturated/α-hetero) is 1. The SMILES string of the molecule is NC1=CC(=O)C2=NCN=C2C1=O.c1ccc2[nH]c(-c3ccc(-c4ccc(Cn5cccc5)cc4)o3)nc2c1. The molecule has 5 aromatic rings. The van der Waals surface area contributed by atoms with Crippen LogP contribution in [-0.4, -0.2) is 44.2 Å². The van der Waals surface area contributed by atoms with Gasteiger partial charge in [-0.15, -0.1) is 0 Å². The molecule has 0 bridgehead atoms. The maximum atomic E-state index is 11.2. The molecule has 0 saturated carbocycles. The van der Waals surface area contributed by atoms with Crippen molar-refractivity contribution >= 4 is 34.0 Å². The summed E-state index contributed by atoms with van der Waals surface area (Å²) in [5.41, 5.74) is 9.75. The molecule has 1 aliphatic heterocycles. The summed E-state index contributed by atoms with van der Waals surface area (Å²) >= 11 is 0. The number of para-hydroxylation sites is 2. The van der Waals surface area contributed by atoms with Gasteiger partial charge in [-0.25, -0.2) is 4.98 Å². The number of rotatable bonds is 4. The molecule has 4 heterocycles. The van der Waals surface area contributed by atoms with Gasteiger partial charge < -0.3 is 19.7 Å². The van der Waals surface area contributed by atoms with E-state index in [1.54, 1.807) is 0 Å². The topological polar surface area (TPSA) is 132 Å². The number of ketones is 2. The van der Waals surface area contributed by atoms with Crippen molar-refractivity contribution in [2.24, 2.45) is 15.7 Å². The number of furan rings is 1. The van der Waals surface area contributed by atoms with E-state index in [1.807, 2.05) is 48.5 Å². The molecule has 9 heteroatoms. The summed E-state index contributed by atoms with van der Waals surface area (Å²) in [5, 5.41) is 0. The first-order chi connectivity index (χ1) is 18.5. The molecule has 2 aliphatic rings. The lowest BCUT2D eigenvalue weighted by Gasteiger charge is -2.07. The normalized spacial score (nSPS) is 14.5. The number of benzene rings is 2. The number of allylic oxidation sites excluding steroid dienone is 2. The standard InChI is InChI=1S/C22H17N3O.C7H5N3O2/c1-2-6-19-18(5-1)23-22(24-19)21-12-11-20(26-21)17-9-7-16(8-10-17)15-25-13-3-4-14-25;8-3-1-4(11)5-6(7(3)12)10-2-9-5/h1-14H,15H2,(H,23,24);1H,2,8H2. The average molecular weight is 503 g/mol. The van der Waals surface area contributed by atoms with Crippen LogP contribution in [0.15, 0.2) is 111 Å². The lowest BCUT2D eigenvalue weighted by Crippen LogP contribution is -2.36. The van der Waals surface area contributed by atoms with E-state index in [4.69, 9.17) is 10.2 Å². The van der Waals surface area contributed by atoms with Crippen molar-refractivity contribution in [1.29, 1.82) is 0 Å². The Labute approximate surface area is 217 Å². The lowest BCUT2D eigenvalue weighted by molar-refractivity contribution is -0.112. The van der Waals surface area contributed by atoms with Crippen LogP contribution in [0.2, 0.25) is 0 Å². The van der Waals surface area contributed by atoms with E-state index in [2.05, 4.69) is 61.2 Å². The van der Waals surface area contributed by atoms with Crippen LogP contribution in [0.1, 0.15) is 5.56 Å². The van der Waals surface area contributed by atoms with Crippen molar-refractivity contribution in [3.05, 3.63) is 103 Å². The average Bonchev–Trinajstić information content (AvgIpc) is 3.74. The van der Waals surface area contributed by atoms with Gasteiger partial charge in [0.1, 0.15) is 23.9 Å². The Hall–Kier alpha value is -5.31. The van der Waals surface area contributed by atoms with E-state index in [0.717, 1.165) is 46.6 Å². The zero-order chi connectivity index (χ0) is 26.1. The van der Waals surface area contributed by atoms with Gasteiger partial charge in [0, 0.05) is 30.6 Å². The van der Waals surface area contributed by atoms with Crippen molar-refractivity contribution < 1.29 is 14.0 Å². The van der Waals surface area contributed by atoms with Gasteiger partial charge in [0.15, 0.2) is 11.6 Å². The predicted molar refractivity (Wildman–Crippen MR) is 145 cm³/mol. The van der Waals surface area contributed by atoms with Crippen LogP contribution in [0.5, 0.6) is 0 Å². The van der Waals surface area contributed by atoms with Crippen LogP contribution in [0.4, 0.5) is 0 Å². The Bertz CT molecular complexity index is 1720. The Balaban J connectivity index is 0.000000184. The highest BCUT2D eigenvalue weighted by Gasteiger charge is 2.32. The predicted octanol–water partition coefficient (Wildman–Crippen LogP) is 4.17.